The highest BCUT2D eigenvalue weighted by atomic mass is 127. The molecule has 3 rings (SSSR count). The third-order valence-corrected chi connectivity index (χ3v) is 4.27. The molecule has 3 aromatic rings. The van der Waals surface area contributed by atoms with Crippen LogP contribution in [-0.4, -0.2) is 16.6 Å². The number of rotatable bonds is 6. The maximum Gasteiger partial charge on any atom is 0.421 e. The smallest absolute Gasteiger partial charge is 0.421 e. The van der Waals surface area contributed by atoms with Gasteiger partial charge in [-0.1, -0.05) is 6.07 Å². The highest BCUT2D eigenvalue weighted by Crippen LogP contribution is 2.35. The van der Waals surface area contributed by atoms with Crippen LogP contribution in [-0.2, 0) is 6.18 Å². The van der Waals surface area contributed by atoms with Gasteiger partial charge in [-0.15, -0.1) is 0 Å². The van der Waals surface area contributed by atoms with Gasteiger partial charge in [0.2, 0.25) is 5.95 Å². The number of halogens is 4. The maximum atomic E-state index is 13.4. The Kier molecular flexibility index (Phi) is 6.22. The van der Waals surface area contributed by atoms with Gasteiger partial charge in [0.15, 0.2) is 0 Å². The number of benzene rings is 2. The van der Waals surface area contributed by atoms with E-state index >= 15 is 0 Å². The molecule has 1 heterocycles. The molecule has 2 N–H and O–H groups in total. The second-order valence-electron chi connectivity index (χ2n) is 5.67. The van der Waals surface area contributed by atoms with Crippen LogP contribution in [0.5, 0.6) is 5.75 Å². The summed E-state index contributed by atoms with van der Waals surface area (Å²) in [6.45, 7) is 2.42. The first-order chi connectivity index (χ1) is 13.3. The summed E-state index contributed by atoms with van der Waals surface area (Å²) in [5.41, 5.74) is 0.190. The van der Waals surface area contributed by atoms with Crippen molar-refractivity contribution in [3.05, 3.63) is 63.9 Å². The third-order valence-electron chi connectivity index (χ3n) is 3.60. The standard InChI is InChI=1S/C19H16F3IN4O/c1-2-28-15-8-6-13(7-9-15)26-18-24-11-16(19(20,21)22)17(27-18)25-14-5-3-4-12(23)10-14/h3-11H,2H2,1H3,(H2,24,25,26,27). The second-order valence-corrected chi connectivity index (χ2v) is 6.92. The minimum Gasteiger partial charge on any atom is -0.494 e. The number of anilines is 4. The van der Waals surface area contributed by atoms with Gasteiger partial charge in [-0.05, 0) is 72.0 Å². The maximum absolute atomic E-state index is 13.4. The van der Waals surface area contributed by atoms with Crippen molar-refractivity contribution in [2.24, 2.45) is 0 Å². The molecule has 0 fully saturated rings. The van der Waals surface area contributed by atoms with Crippen LogP contribution in [0.2, 0.25) is 0 Å². The molecule has 28 heavy (non-hydrogen) atoms. The molecule has 146 valence electrons. The molecule has 0 aliphatic carbocycles. The highest BCUT2D eigenvalue weighted by molar-refractivity contribution is 14.1. The summed E-state index contributed by atoms with van der Waals surface area (Å²) in [5, 5.41) is 5.64. The first-order valence-corrected chi connectivity index (χ1v) is 9.40. The van der Waals surface area contributed by atoms with E-state index in [4.69, 9.17) is 4.74 Å². The van der Waals surface area contributed by atoms with Crippen LogP contribution < -0.4 is 15.4 Å². The van der Waals surface area contributed by atoms with E-state index in [9.17, 15) is 13.2 Å². The largest absolute Gasteiger partial charge is 0.494 e. The molecule has 0 aliphatic heterocycles. The number of nitrogens with one attached hydrogen (secondary N) is 2. The summed E-state index contributed by atoms with van der Waals surface area (Å²) in [5.74, 6) is 0.422. The number of aromatic nitrogens is 2. The second kappa shape index (κ2) is 8.63. The number of ether oxygens (including phenoxy) is 1. The van der Waals surface area contributed by atoms with E-state index in [1.54, 1.807) is 42.5 Å². The average Bonchev–Trinajstić information content (AvgIpc) is 2.63. The lowest BCUT2D eigenvalue weighted by Gasteiger charge is -2.15. The van der Waals surface area contributed by atoms with Crippen molar-refractivity contribution in [2.45, 2.75) is 13.1 Å². The third kappa shape index (κ3) is 5.24. The topological polar surface area (TPSA) is 59.1 Å². The molecule has 9 heteroatoms. The Labute approximate surface area is 173 Å². The molecule has 0 saturated heterocycles. The van der Waals surface area contributed by atoms with Crippen molar-refractivity contribution in [2.75, 3.05) is 17.2 Å². The summed E-state index contributed by atoms with van der Waals surface area (Å²) < 4.78 is 46.3. The number of hydrogen-bond donors (Lipinski definition) is 2. The number of alkyl halides is 3. The van der Waals surface area contributed by atoms with E-state index in [1.807, 2.05) is 13.0 Å². The van der Waals surface area contributed by atoms with E-state index in [0.29, 0.717) is 23.7 Å². The van der Waals surface area contributed by atoms with E-state index in [2.05, 4.69) is 43.2 Å². The van der Waals surface area contributed by atoms with Crippen LogP contribution >= 0.6 is 22.6 Å². The fourth-order valence-corrected chi connectivity index (χ4v) is 2.92. The van der Waals surface area contributed by atoms with E-state index < -0.39 is 11.7 Å². The Bertz CT molecular complexity index is 949. The van der Waals surface area contributed by atoms with Gasteiger partial charge < -0.3 is 15.4 Å². The monoisotopic (exact) mass is 500 g/mol. The molecular formula is C19H16F3IN4O. The van der Waals surface area contributed by atoms with Crippen molar-refractivity contribution in [1.82, 2.24) is 9.97 Å². The molecule has 1 aromatic heterocycles. The van der Waals surface area contributed by atoms with Gasteiger partial charge in [0.1, 0.15) is 17.1 Å². The molecule has 0 bridgehead atoms. The Morgan fingerprint density at radius 1 is 1.04 bits per heavy atom. The summed E-state index contributed by atoms with van der Waals surface area (Å²) in [6, 6.07) is 14.0. The van der Waals surface area contributed by atoms with Crippen molar-refractivity contribution in [3.8, 4) is 5.75 Å². The zero-order chi connectivity index (χ0) is 20.1. The molecule has 0 radical (unpaired) electrons. The van der Waals surface area contributed by atoms with Gasteiger partial charge in [-0.2, -0.15) is 18.2 Å². The first kappa shape index (κ1) is 20.2. The molecule has 0 unspecified atom stereocenters. The Hall–Kier alpha value is -2.56. The van der Waals surface area contributed by atoms with E-state index in [1.165, 1.54) is 0 Å². The van der Waals surface area contributed by atoms with Gasteiger partial charge in [-0.3, -0.25) is 0 Å². The zero-order valence-corrected chi connectivity index (χ0v) is 16.9. The van der Waals surface area contributed by atoms with Crippen molar-refractivity contribution in [3.63, 3.8) is 0 Å². The van der Waals surface area contributed by atoms with E-state index in [0.717, 1.165) is 9.77 Å². The minimum atomic E-state index is -4.58. The molecular weight excluding hydrogens is 484 g/mol. The lowest BCUT2D eigenvalue weighted by atomic mass is 10.2. The highest BCUT2D eigenvalue weighted by Gasteiger charge is 2.35. The summed E-state index contributed by atoms with van der Waals surface area (Å²) in [4.78, 5) is 7.84. The summed E-state index contributed by atoms with van der Waals surface area (Å²) >= 11 is 2.09. The molecule has 0 spiro atoms. The zero-order valence-electron chi connectivity index (χ0n) is 14.7. The Morgan fingerprint density at radius 3 is 2.43 bits per heavy atom. The molecule has 5 nitrogen and oxygen atoms in total. The lowest BCUT2D eigenvalue weighted by molar-refractivity contribution is -0.137. The molecule has 0 amide bonds. The Balaban J connectivity index is 1.88. The first-order valence-electron chi connectivity index (χ1n) is 8.32. The predicted molar refractivity (Wildman–Crippen MR) is 110 cm³/mol. The number of nitrogens with zero attached hydrogens (tertiary/aromatic N) is 2. The van der Waals surface area contributed by atoms with Gasteiger partial charge in [-0.25, -0.2) is 4.98 Å². The van der Waals surface area contributed by atoms with Crippen molar-refractivity contribution < 1.29 is 17.9 Å². The van der Waals surface area contributed by atoms with Gasteiger partial charge in [0.25, 0.3) is 0 Å². The van der Waals surface area contributed by atoms with Crippen LogP contribution in [0.15, 0.2) is 54.7 Å². The van der Waals surface area contributed by atoms with Crippen LogP contribution in [0.25, 0.3) is 0 Å². The van der Waals surface area contributed by atoms with Crippen LogP contribution in [0.3, 0.4) is 0 Å². The number of hydrogen-bond acceptors (Lipinski definition) is 5. The van der Waals surface area contributed by atoms with Crippen molar-refractivity contribution >= 4 is 45.7 Å². The molecule has 0 aliphatic rings. The van der Waals surface area contributed by atoms with E-state index in [-0.39, 0.29) is 11.8 Å². The molecule has 0 saturated carbocycles. The molecule has 0 atom stereocenters. The summed E-state index contributed by atoms with van der Waals surface area (Å²) in [7, 11) is 0. The fourth-order valence-electron chi connectivity index (χ4n) is 2.38. The quantitative estimate of drug-likeness (QED) is 0.408. The summed E-state index contributed by atoms with van der Waals surface area (Å²) in [6.07, 6.45) is -3.82. The van der Waals surface area contributed by atoms with Crippen LogP contribution in [0.4, 0.5) is 36.3 Å². The average molecular weight is 500 g/mol. The normalized spacial score (nSPS) is 11.2. The molecule has 2 aromatic carbocycles. The van der Waals surface area contributed by atoms with Gasteiger partial charge in [0, 0.05) is 21.1 Å². The minimum absolute atomic E-state index is 0.0466. The van der Waals surface area contributed by atoms with Crippen molar-refractivity contribution in [1.29, 1.82) is 0 Å². The van der Waals surface area contributed by atoms with Crippen LogP contribution in [0, 0.1) is 3.57 Å². The Morgan fingerprint density at radius 2 is 1.79 bits per heavy atom. The SMILES string of the molecule is CCOc1ccc(Nc2ncc(C(F)(F)F)c(Nc3cccc(I)c3)n2)cc1. The van der Waals surface area contributed by atoms with Gasteiger partial charge in [0.05, 0.1) is 6.61 Å². The predicted octanol–water partition coefficient (Wildman–Crippen LogP) is 5.99. The fraction of sp³-hybridized carbons (Fsp3) is 0.158. The lowest BCUT2D eigenvalue weighted by Crippen LogP contribution is -2.12. The van der Waals surface area contributed by atoms with Crippen LogP contribution in [0.1, 0.15) is 12.5 Å². The van der Waals surface area contributed by atoms with Gasteiger partial charge >= 0.3 is 6.18 Å².